The van der Waals surface area contributed by atoms with Gasteiger partial charge in [0.15, 0.2) is 0 Å². The highest BCUT2D eigenvalue weighted by Gasteiger charge is 2.34. The number of anilines is 3. The van der Waals surface area contributed by atoms with E-state index in [1.54, 1.807) is 18.2 Å². The van der Waals surface area contributed by atoms with Gasteiger partial charge in [-0.25, -0.2) is 9.18 Å². The molecule has 0 aliphatic heterocycles. The summed E-state index contributed by atoms with van der Waals surface area (Å²) in [6.07, 6.45) is -4.81. The van der Waals surface area contributed by atoms with Crippen molar-refractivity contribution in [1.82, 2.24) is 4.90 Å². The lowest BCUT2D eigenvalue weighted by molar-refractivity contribution is -0.139. The van der Waals surface area contributed by atoms with Gasteiger partial charge < -0.3 is 16.0 Å². The lowest BCUT2D eigenvalue weighted by Gasteiger charge is -2.25. The summed E-state index contributed by atoms with van der Waals surface area (Å²) in [4.78, 5) is 16.3. The number of carbonyl (C=O) groups is 1. The number of urea groups is 1. The first-order chi connectivity index (χ1) is 15.5. The van der Waals surface area contributed by atoms with E-state index in [9.17, 15) is 22.4 Å². The average molecular weight is 460 g/mol. The van der Waals surface area contributed by atoms with Gasteiger partial charge in [-0.05, 0) is 67.7 Å². The Kier molecular flexibility index (Phi) is 7.23. The Hall–Kier alpha value is -3.59. The summed E-state index contributed by atoms with van der Waals surface area (Å²) in [7, 11) is 3.70. The standard InChI is InChI=1S/C24H24F4N4O/c1-31(2)12-13-32(20-9-6-16(7-10-20)17-4-3-5-18(29)14-17)23(33)30-19-8-11-21(22(25)15-19)24(26,27)28/h3-11,14-15H,12-13,29H2,1-2H3,(H,30,33). The van der Waals surface area contributed by atoms with Crippen molar-refractivity contribution in [3.63, 3.8) is 0 Å². The molecular weight excluding hydrogens is 436 g/mol. The second-order valence-electron chi connectivity index (χ2n) is 7.75. The van der Waals surface area contributed by atoms with E-state index in [-0.39, 0.29) is 5.69 Å². The molecule has 3 rings (SSSR count). The number of nitrogens with two attached hydrogens (primary N) is 1. The van der Waals surface area contributed by atoms with Crippen LogP contribution in [0, 0.1) is 5.82 Å². The Morgan fingerprint density at radius 2 is 1.64 bits per heavy atom. The fourth-order valence-electron chi connectivity index (χ4n) is 3.21. The lowest BCUT2D eigenvalue weighted by atomic mass is 10.0. The van der Waals surface area contributed by atoms with Crippen molar-refractivity contribution in [2.75, 3.05) is 43.1 Å². The number of halogens is 4. The van der Waals surface area contributed by atoms with E-state index < -0.39 is 23.6 Å². The molecule has 9 heteroatoms. The zero-order valence-electron chi connectivity index (χ0n) is 18.2. The number of alkyl halides is 3. The minimum absolute atomic E-state index is 0.0725. The summed E-state index contributed by atoms with van der Waals surface area (Å²) >= 11 is 0. The number of nitrogen functional groups attached to an aromatic ring is 1. The molecule has 0 unspecified atom stereocenters. The van der Waals surface area contributed by atoms with Crippen LogP contribution >= 0.6 is 0 Å². The third-order valence-corrected chi connectivity index (χ3v) is 4.94. The molecule has 5 nitrogen and oxygen atoms in total. The third kappa shape index (κ3) is 6.23. The minimum Gasteiger partial charge on any atom is -0.399 e. The maximum atomic E-state index is 13.9. The summed E-state index contributed by atoms with van der Waals surface area (Å²) in [5.41, 5.74) is 7.42. The zero-order valence-corrected chi connectivity index (χ0v) is 18.2. The fourth-order valence-corrected chi connectivity index (χ4v) is 3.21. The van der Waals surface area contributed by atoms with E-state index in [0.717, 1.165) is 17.2 Å². The monoisotopic (exact) mass is 460 g/mol. The van der Waals surface area contributed by atoms with Gasteiger partial charge in [0.05, 0.1) is 5.56 Å². The van der Waals surface area contributed by atoms with Crippen molar-refractivity contribution >= 4 is 23.1 Å². The molecule has 0 saturated carbocycles. The highest BCUT2D eigenvalue weighted by Crippen LogP contribution is 2.32. The minimum atomic E-state index is -4.81. The van der Waals surface area contributed by atoms with E-state index in [1.165, 1.54) is 4.90 Å². The number of hydrogen-bond donors (Lipinski definition) is 2. The van der Waals surface area contributed by atoms with Gasteiger partial charge in [-0.15, -0.1) is 0 Å². The summed E-state index contributed by atoms with van der Waals surface area (Å²) in [6.45, 7) is 0.839. The second kappa shape index (κ2) is 9.91. The Labute approximate surface area is 189 Å². The number of nitrogens with zero attached hydrogens (tertiary/aromatic N) is 2. The molecule has 3 N–H and O–H groups in total. The molecule has 0 radical (unpaired) electrons. The van der Waals surface area contributed by atoms with Crippen LogP contribution in [0.4, 0.5) is 39.4 Å². The van der Waals surface area contributed by atoms with Gasteiger partial charge in [0.2, 0.25) is 0 Å². The molecule has 33 heavy (non-hydrogen) atoms. The van der Waals surface area contributed by atoms with Gasteiger partial charge in [-0.1, -0.05) is 24.3 Å². The zero-order chi connectivity index (χ0) is 24.2. The fraction of sp³-hybridized carbons (Fsp3) is 0.208. The normalized spacial score (nSPS) is 11.5. The van der Waals surface area contributed by atoms with Gasteiger partial charge in [-0.2, -0.15) is 13.2 Å². The molecule has 2 amide bonds. The maximum absolute atomic E-state index is 13.9. The van der Waals surface area contributed by atoms with Crippen molar-refractivity contribution in [2.45, 2.75) is 6.18 Å². The number of rotatable bonds is 6. The lowest BCUT2D eigenvalue weighted by Crippen LogP contribution is -2.39. The summed E-state index contributed by atoms with van der Waals surface area (Å²) in [6, 6.07) is 16.3. The topological polar surface area (TPSA) is 61.6 Å². The van der Waals surface area contributed by atoms with Gasteiger partial charge >= 0.3 is 12.2 Å². The third-order valence-electron chi connectivity index (χ3n) is 4.94. The molecule has 0 aliphatic carbocycles. The van der Waals surface area contributed by atoms with Crippen LogP contribution in [0.3, 0.4) is 0 Å². The Balaban J connectivity index is 1.83. The van der Waals surface area contributed by atoms with Crippen LogP contribution in [0.1, 0.15) is 5.56 Å². The first kappa shape index (κ1) is 24.1. The van der Waals surface area contributed by atoms with Crippen LogP contribution in [0.25, 0.3) is 11.1 Å². The van der Waals surface area contributed by atoms with Crippen molar-refractivity contribution in [2.24, 2.45) is 0 Å². The SMILES string of the molecule is CN(C)CCN(C(=O)Nc1ccc(C(F)(F)F)c(F)c1)c1ccc(-c2cccc(N)c2)cc1. The number of likely N-dealkylation sites (N-methyl/N-ethyl adjacent to an activating group) is 1. The van der Waals surface area contributed by atoms with Gasteiger partial charge in [0.25, 0.3) is 0 Å². The molecule has 0 aliphatic rings. The number of amides is 2. The molecule has 0 saturated heterocycles. The largest absolute Gasteiger partial charge is 0.419 e. The van der Waals surface area contributed by atoms with Crippen molar-refractivity contribution in [3.05, 3.63) is 78.1 Å². The van der Waals surface area contributed by atoms with E-state index in [0.29, 0.717) is 36.6 Å². The van der Waals surface area contributed by atoms with Gasteiger partial charge in [0, 0.05) is 30.2 Å². The predicted molar refractivity (Wildman–Crippen MR) is 123 cm³/mol. The van der Waals surface area contributed by atoms with E-state index >= 15 is 0 Å². The number of carbonyl (C=O) groups excluding carboxylic acids is 1. The van der Waals surface area contributed by atoms with E-state index in [1.807, 2.05) is 49.3 Å². The first-order valence-corrected chi connectivity index (χ1v) is 10.1. The van der Waals surface area contributed by atoms with Crippen LogP contribution in [-0.4, -0.2) is 38.1 Å². The number of benzene rings is 3. The summed E-state index contributed by atoms with van der Waals surface area (Å²) < 4.78 is 52.3. The van der Waals surface area contributed by atoms with Crippen LogP contribution in [0.5, 0.6) is 0 Å². The highest BCUT2D eigenvalue weighted by molar-refractivity contribution is 6.01. The highest BCUT2D eigenvalue weighted by atomic mass is 19.4. The molecule has 3 aromatic carbocycles. The van der Waals surface area contributed by atoms with Crippen molar-refractivity contribution in [3.8, 4) is 11.1 Å². The van der Waals surface area contributed by atoms with Gasteiger partial charge in [-0.3, -0.25) is 4.90 Å². The molecule has 0 bridgehead atoms. The van der Waals surface area contributed by atoms with E-state index in [4.69, 9.17) is 5.73 Å². The smallest absolute Gasteiger partial charge is 0.399 e. The quantitative estimate of drug-likeness (QED) is 0.367. The molecule has 0 spiro atoms. The average Bonchev–Trinajstić information content (AvgIpc) is 2.73. The first-order valence-electron chi connectivity index (χ1n) is 10.1. The molecule has 0 heterocycles. The number of hydrogen-bond acceptors (Lipinski definition) is 3. The Morgan fingerprint density at radius 3 is 2.21 bits per heavy atom. The molecule has 0 aromatic heterocycles. The molecule has 0 fully saturated rings. The molecular formula is C24H24F4N4O. The second-order valence-corrected chi connectivity index (χ2v) is 7.75. The van der Waals surface area contributed by atoms with Crippen LogP contribution < -0.4 is 16.0 Å². The summed E-state index contributed by atoms with van der Waals surface area (Å²) in [5, 5.41) is 2.48. The summed E-state index contributed by atoms with van der Waals surface area (Å²) in [5.74, 6) is -1.45. The molecule has 3 aromatic rings. The predicted octanol–water partition coefficient (Wildman–Crippen LogP) is 5.69. The Morgan fingerprint density at radius 1 is 0.939 bits per heavy atom. The Bertz CT molecular complexity index is 1110. The van der Waals surface area contributed by atoms with Crippen LogP contribution in [0.15, 0.2) is 66.7 Å². The number of nitrogens with one attached hydrogen (secondary N) is 1. The van der Waals surface area contributed by atoms with Gasteiger partial charge in [0.1, 0.15) is 5.82 Å². The van der Waals surface area contributed by atoms with E-state index in [2.05, 4.69) is 5.32 Å². The molecule has 174 valence electrons. The van der Waals surface area contributed by atoms with Crippen LogP contribution in [-0.2, 0) is 6.18 Å². The molecule has 0 atom stereocenters. The van der Waals surface area contributed by atoms with Crippen molar-refractivity contribution in [1.29, 1.82) is 0 Å². The van der Waals surface area contributed by atoms with Crippen LogP contribution in [0.2, 0.25) is 0 Å². The maximum Gasteiger partial charge on any atom is 0.419 e. The van der Waals surface area contributed by atoms with Crippen molar-refractivity contribution < 1.29 is 22.4 Å².